The Balaban J connectivity index is 1.26. The van der Waals surface area contributed by atoms with Gasteiger partial charge in [-0.15, -0.1) is 0 Å². The minimum Gasteiger partial charge on any atom is -0.456 e. The van der Waals surface area contributed by atoms with E-state index in [1.807, 2.05) is 60.7 Å². The first-order chi connectivity index (χ1) is 22.6. The molecule has 8 atom stereocenters. The molecule has 14 nitrogen and oxygen atoms in total. The second-order valence-corrected chi connectivity index (χ2v) is 11.5. The summed E-state index contributed by atoms with van der Waals surface area (Å²) in [5.41, 5.74) is 7.71. The molecule has 3 aliphatic rings. The van der Waals surface area contributed by atoms with E-state index >= 15 is 0 Å². The Morgan fingerprint density at radius 1 is 1.00 bits per heavy atom. The number of benzene rings is 2. The molecule has 5 rings (SSSR count). The summed E-state index contributed by atoms with van der Waals surface area (Å²) in [7, 11) is 0. The van der Waals surface area contributed by atoms with Crippen LogP contribution in [0.1, 0.15) is 29.9 Å². The van der Waals surface area contributed by atoms with E-state index in [0.29, 0.717) is 6.42 Å². The number of amides is 3. The molecule has 0 bridgehead atoms. The number of allylic oxidation sites excluding steroid dienone is 1. The first-order valence-corrected chi connectivity index (χ1v) is 15.1. The van der Waals surface area contributed by atoms with Crippen LogP contribution in [0.2, 0.25) is 0 Å². The maximum Gasteiger partial charge on any atom is 0.286 e. The Hall–Kier alpha value is -4.44. The van der Waals surface area contributed by atoms with Crippen LogP contribution in [-0.4, -0.2) is 105 Å². The van der Waals surface area contributed by atoms with Gasteiger partial charge >= 0.3 is 0 Å². The average Bonchev–Trinajstić information content (AvgIpc) is 3.39. The first-order valence-electron chi connectivity index (χ1n) is 15.1. The number of hydrogen-bond acceptors (Lipinski definition) is 11. The lowest BCUT2D eigenvalue weighted by Gasteiger charge is -2.35. The van der Waals surface area contributed by atoms with Crippen LogP contribution in [0.15, 0.2) is 84.8 Å². The number of nitrogens with one attached hydrogen (secondary N) is 1. The van der Waals surface area contributed by atoms with Crippen molar-refractivity contribution in [3.63, 3.8) is 0 Å². The van der Waals surface area contributed by atoms with Crippen LogP contribution < -0.4 is 11.1 Å². The molecule has 0 spiro atoms. The second kappa shape index (κ2) is 15.0. The zero-order chi connectivity index (χ0) is 33.7. The zero-order valence-electron chi connectivity index (χ0n) is 25.2. The van der Waals surface area contributed by atoms with Gasteiger partial charge in [0.25, 0.3) is 5.91 Å². The van der Waals surface area contributed by atoms with Gasteiger partial charge in [0.1, 0.15) is 24.4 Å². The summed E-state index contributed by atoms with van der Waals surface area (Å²) in [6, 6.07) is 19.6. The van der Waals surface area contributed by atoms with E-state index in [1.54, 1.807) is 0 Å². The van der Waals surface area contributed by atoms with Gasteiger partial charge in [-0.05, 0) is 29.7 Å². The normalized spacial score (nSPS) is 28.1. The van der Waals surface area contributed by atoms with E-state index in [1.165, 1.54) is 0 Å². The van der Waals surface area contributed by atoms with E-state index in [4.69, 9.17) is 19.9 Å². The predicted molar refractivity (Wildman–Crippen MR) is 162 cm³/mol. The molecule has 3 amide bonds. The fraction of sp³-hybridized carbons (Fsp3) is 0.394. The van der Waals surface area contributed by atoms with Gasteiger partial charge in [0.05, 0.1) is 13.0 Å². The molecular weight excluding hydrogens is 614 g/mol. The van der Waals surface area contributed by atoms with Crippen molar-refractivity contribution in [2.24, 2.45) is 11.7 Å². The van der Waals surface area contributed by atoms with Gasteiger partial charge in [0.2, 0.25) is 18.1 Å². The molecule has 0 radical (unpaired) electrons. The summed E-state index contributed by atoms with van der Waals surface area (Å²) in [5.74, 6) is -4.60. The molecular formula is C33H37N3O11. The van der Waals surface area contributed by atoms with Crippen molar-refractivity contribution < 1.29 is 53.8 Å². The number of carbonyl (C=O) groups excluding carboxylic acids is 4. The monoisotopic (exact) mass is 651 g/mol. The van der Waals surface area contributed by atoms with E-state index in [2.05, 4.69) is 5.32 Å². The highest BCUT2D eigenvalue weighted by atomic mass is 16.7. The third-order valence-corrected chi connectivity index (χ3v) is 8.37. The smallest absolute Gasteiger partial charge is 0.286 e. The third kappa shape index (κ3) is 7.59. The number of ketones is 1. The molecule has 2 aromatic rings. The number of nitrogens with two attached hydrogens (primary N) is 1. The van der Waals surface area contributed by atoms with Crippen LogP contribution in [-0.2, 0) is 33.4 Å². The molecule has 0 aliphatic carbocycles. The maximum absolute atomic E-state index is 13.1. The Morgan fingerprint density at radius 2 is 1.64 bits per heavy atom. The summed E-state index contributed by atoms with van der Waals surface area (Å²) >= 11 is 0. The lowest BCUT2D eigenvalue weighted by molar-refractivity contribution is -0.239. The molecule has 3 heterocycles. The minimum absolute atomic E-state index is 0.0277. The minimum atomic E-state index is -1.80. The van der Waals surface area contributed by atoms with Gasteiger partial charge in [-0.25, -0.2) is 0 Å². The highest BCUT2D eigenvalue weighted by molar-refractivity contribution is 6.06. The van der Waals surface area contributed by atoms with Crippen LogP contribution >= 0.6 is 0 Å². The summed E-state index contributed by atoms with van der Waals surface area (Å²) in [4.78, 5) is 50.7. The molecule has 3 unspecified atom stereocenters. The van der Waals surface area contributed by atoms with Crippen molar-refractivity contribution in [1.29, 1.82) is 0 Å². The van der Waals surface area contributed by atoms with Crippen molar-refractivity contribution in [2.45, 2.75) is 61.8 Å². The Morgan fingerprint density at radius 3 is 2.21 bits per heavy atom. The lowest BCUT2D eigenvalue weighted by Crippen LogP contribution is -2.53. The lowest BCUT2D eigenvalue weighted by atomic mass is 9.88. The van der Waals surface area contributed by atoms with Crippen LogP contribution in [0, 0.1) is 5.92 Å². The zero-order valence-corrected chi connectivity index (χ0v) is 25.2. The fourth-order valence-electron chi connectivity index (χ4n) is 5.91. The number of carbonyl (C=O) groups is 4. The molecule has 3 aliphatic heterocycles. The van der Waals surface area contributed by atoms with E-state index in [-0.39, 0.29) is 18.2 Å². The highest BCUT2D eigenvalue weighted by Gasteiger charge is 2.53. The number of ether oxygens (including phenoxy) is 3. The number of aliphatic hydroxyl groups excluding tert-OH is 4. The molecule has 14 heteroatoms. The average molecular weight is 652 g/mol. The van der Waals surface area contributed by atoms with Gasteiger partial charge in [-0.1, -0.05) is 60.7 Å². The molecule has 0 aromatic heterocycles. The maximum atomic E-state index is 13.1. The third-order valence-electron chi connectivity index (χ3n) is 8.37. The van der Waals surface area contributed by atoms with Crippen molar-refractivity contribution in [3.8, 4) is 0 Å². The summed E-state index contributed by atoms with van der Waals surface area (Å²) in [6.07, 6.45) is -8.10. The van der Waals surface area contributed by atoms with Crippen LogP contribution in [0.5, 0.6) is 0 Å². The number of nitrogens with zero attached hydrogens (tertiary/aromatic N) is 1. The van der Waals surface area contributed by atoms with Gasteiger partial charge in [-0.3, -0.25) is 24.1 Å². The molecule has 1 fully saturated rings. The van der Waals surface area contributed by atoms with E-state index in [0.717, 1.165) is 34.4 Å². The number of hydrogen-bond donors (Lipinski definition) is 6. The SMILES string of the molecule is NC(=O)C(O[C@H]1OC(C(=O)NCCC(c2ccccc2)c2ccccc2)=C[C@H](O)[C@@H]1O)[C@H]1O[C@@H](N2C=CC(=O)CC2=O)C(O)C1CO. The van der Waals surface area contributed by atoms with Crippen molar-refractivity contribution in [2.75, 3.05) is 13.2 Å². The van der Waals surface area contributed by atoms with Crippen LogP contribution in [0.4, 0.5) is 0 Å². The van der Waals surface area contributed by atoms with Crippen molar-refractivity contribution >= 4 is 23.5 Å². The van der Waals surface area contributed by atoms with Gasteiger partial charge < -0.3 is 45.7 Å². The summed E-state index contributed by atoms with van der Waals surface area (Å²) in [6.45, 7) is -0.512. The number of rotatable bonds is 12. The van der Waals surface area contributed by atoms with E-state index < -0.39 is 85.5 Å². The highest BCUT2D eigenvalue weighted by Crippen LogP contribution is 2.35. The standard InChI is InChI=1S/C33H37N3O11/c34-30(43)29(28-22(17-37)26(41)32(46-28)36-14-12-20(38)15-25(36)40)47-33-27(42)23(39)16-24(45-33)31(44)35-13-11-21(18-7-3-1-4-8-18)19-9-5-2-6-10-19/h1-10,12,14,16,21-23,26-29,32-33,37,39,41-42H,11,13,15,17H2,(H2,34,43)(H,35,44)/t22?,23-,26?,27-,28-,29?,32+,33+/m0/s1. The fourth-order valence-corrected chi connectivity index (χ4v) is 5.91. The summed E-state index contributed by atoms with van der Waals surface area (Å²) < 4.78 is 17.0. The molecule has 1 saturated heterocycles. The Bertz CT molecular complexity index is 1460. The van der Waals surface area contributed by atoms with Crippen molar-refractivity contribution in [1.82, 2.24) is 10.2 Å². The van der Waals surface area contributed by atoms with E-state index in [9.17, 15) is 39.6 Å². The molecule has 47 heavy (non-hydrogen) atoms. The second-order valence-electron chi connectivity index (χ2n) is 11.5. The predicted octanol–water partition coefficient (Wildman–Crippen LogP) is -0.833. The number of primary amides is 1. The molecule has 250 valence electrons. The van der Waals surface area contributed by atoms with Gasteiger partial charge in [0.15, 0.2) is 23.9 Å². The van der Waals surface area contributed by atoms with Gasteiger partial charge in [-0.2, -0.15) is 0 Å². The van der Waals surface area contributed by atoms with Crippen LogP contribution in [0.3, 0.4) is 0 Å². The van der Waals surface area contributed by atoms with Crippen molar-refractivity contribution in [3.05, 3.63) is 95.9 Å². The topological polar surface area (TPSA) is 218 Å². The largest absolute Gasteiger partial charge is 0.456 e. The van der Waals surface area contributed by atoms with Gasteiger partial charge in [0, 0.05) is 24.6 Å². The first kappa shape index (κ1) is 33.9. The van der Waals surface area contributed by atoms with Crippen LogP contribution in [0.25, 0.3) is 0 Å². The number of aliphatic hydroxyl groups is 4. The Kier molecular flexibility index (Phi) is 10.8. The molecule has 0 saturated carbocycles. The molecule has 2 aromatic carbocycles. The summed E-state index contributed by atoms with van der Waals surface area (Å²) in [5, 5.41) is 44.8. The quantitative estimate of drug-likeness (QED) is 0.156. The molecule has 7 N–H and O–H groups in total. The Labute approximate surface area is 270 Å².